The Morgan fingerprint density at radius 3 is 3.00 bits per heavy atom. The lowest BCUT2D eigenvalue weighted by Crippen LogP contribution is -2.27. The van der Waals surface area contributed by atoms with Crippen LogP contribution in [0.1, 0.15) is 37.0 Å². The molecule has 1 aliphatic rings. The second kappa shape index (κ2) is 6.24. The average Bonchev–Trinajstić information content (AvgIpc) is 3.27. The maximum absolute atomic E-state index is 12.0. The van der Waals surface area contributed by atoms with Crippen molar-refractivity contribution in [2.75, 3.05) is 13.1 Å². The van der Waals surface area contributed by atoms with E-state index in [1.165, 1.54) is 0 Å². The Morgan fingerprint density at radius 2 is 2.17 bits per heavy atom. The fraction of sp³-hybridized carbons (Fsp3) is 0.471. The molecule has 7 heteroatoms. The summed E-state index contributed by atoms with van der Waals surface area (Å²) < 4.78 is 12.1. The van der Waals surface area contributed by atoms with E-state index < -0.39 is 0 Å². The van der Waals surface area contributed by atoms with E-state index in [2.05, 4.69) is 15.0 Å². The van der Waals surface area contributed by atoms with Gasteiger partial charge in [0.15, 0.2) is 11.4 Å². The Kier molecular flexibility index (Phi) is 3.93. The zero-order valence-corrected chi connectivity index (χ0v) is 13.6. The molecular weight excluding hydrogens is 308 g/mol. The zero-order chi connectivity index (χ0) is 16.5. The monoisotopic (exact) mass is 328 g/mol. The van der Waals surface area contributed by atoms with Gasteiger partial charge in [0.2, 0.25) is 5.89 Å². The summed E-state index contributed by atoms with van der Waals surface area (Å²) in [4.78, 5) is 18.7. The number of rotatable bonds is 5. The van der Waals surface area contributed by atoms with Gasteiger partial charge in [-0.1, -0.05) is 17.3 Å². The highest BCUT2D eigenvalue weighted by Crippen LogP contribution is 2.30. The molecule has 1 atom stereocenters. The number of aryl methyl sites for hydroxylation is 2. The first-order valence-electron chi connectivity index (χ1n) is 8.35. The summed E-state index contributed by atoms with van der Waals surface area (Å²) in [5.41, 5.74) is 1.50. The molecule has 0 saturated carbocycles. The molecular formula is C17H20N4O3. The molecule has 2 aromatic heterocycles. The van der Waals surface area contributed by atoms with Crippen molar-refractivity contribution < 1.29 is 8.94 Å². The van der Waals surface area contributed by atoms with Crippen molar-refractivity contribution in [1.29, 1.82) is 0 Å². The standard InChI is InChI=1S/C17H20N4O3/c1-12-18-16(19-24-12)14-7-4-9-20(14)10-5-11-21-13-6-2-3-8-15(13)23-17(21)22/h2-3,6,8,14H,4-5,7,9-11H2,1H3/t14-/m1/s1. The first-order valence-corrected chi connectivity index (χ1v) is 8.35. The van der Waals surface area contributed by atoms with Gasteiger partial charge in [-0.25, -0.2) is 4.79 Å². The van der Waals surface area contributed by atoms with Crippen molar-refractivity contribution in [1.82, 2.24) is 19.6 Å². The third-order valence-electron chi connectivity index (χ3n) is 4.61. The Morgan fingerprint density at radius 1 is 1.29 bits per heavy atom. The molecule has 24 heavy (non-hydrogen) atoms. The van der Waals surface area contributed by atoms with Crippen LogP contribution in [-0.4, -0.2) is 32.7 Å². The number of nitrogens with zero attached hydrogens (tertiary/aromatic N) is 4. The van der Waals surface area contributed by atoms with Gasteiger partial charge in [0.1, 0.15) is 0 Å². The van der Waals surface area contributed by atoms with Crippen molar-refractivity contribution in [3.05, 3.63) is 46.5 Å². The predicted molar refractivity (Wildman–Crippen MR) is 87.7 cm³/mol. The van der Waals surface area contributed by atoms with Crippen molar-refractivity contribution in [3.8, 4) is 0 Å². The summed E-state index contributed by atoms with van der Waals surface area (Å²) in [5.74, 6) is 1.09. The fourth-order valence-electron chi connectivity index (χ4n) is 3.49. The molecule has 4 rings (SSSR count). The summed E-state index contributed by atoms with van der Waals surface area (Å²) in [6, 6.07) is 7.75. The van der Waals surface area contributed by atoms with E-state index in [9.17, 15) is 4.79 Å². The molecule has 1 fully saturated rings. The summed E-state index contributed by atoms with van der Waals surface area (Å²) in [5, 5.41) is 4.06. The highest BCUT2D eigenvalue weighted by atomic mass is 16.5. The van der Waals surface area contributed by atoms with Crippen LogP contribution in [-0.2, 0) is 6.54 Å². The lowest BCUT2D eigenvalue weighted by molar-refractivity contribution is 0.235. The van der Waals surface area contributed by atoms with E-state index in [4.69, 9.17) is 8.94 Å². The highest BCUT2D eigenvalue weighted by molar-refractivity contribution is 5.72. The van der Waals surface area contributed by atoms with Crippen LogP contribution < -0.4 is 5.76 Å². The third kappa shape index (κ3) is 2.75. The normalized spacial score (nSPS) is 18.6. The van der Waals surface area contributed by atoms with E-state index >= 15 is 0 Å². The van der Waals surface area contributed by atoms with Crippen LogP contribution in [0.25, 0.3) is 11.1 Å². The number of fused-ring (bicyclic) bond motifs is 1. The topological polar surface area (TPSA) is 77.3 Å². The molecule has 0 bridgehead atoms. The molecule has 0 radical (unpaired) electrons. The first-order chi connectivity index (χ1) is 11.7. The second-order valence-electron chi connectivity index (χ2n) is 6.21. The molecule has 0 aliphatic carbocycles. The van der Waals surface area contributed by atoms with Crippen LogP contribution in [0, 0.1) is 6.92 Å². The van der Waals surface area contributed by atoms with Gasteiger partial charge in [-0.3, -0.25) is 9.47 Å². The van der Waals surface area contributed by atoms with Gasteiger partial charge in [-0.2, -0.15) is 4.98 Å². The zero-order valence-electron chi connectivity index (χ0n) is 13.6. The van der Waals surface area contributed by atoms with Gasteiger partial charge >= 0.3 is 5.76 Å². The van der Waals surface area contributed by atoms with Crippen LogP contribution >= 0.6 is 0 Å². The number of para-hydroxylation sites is 2. The molecule has 1 saturated heterocycles. The van der Waals surface area contributed by atoms with Crippen LogP contribution in [0.4, 0.5) is 0 Å². The number of hydrogen-bond acceptors (Lipinski definition) is 6. The molecule has 1 aliphatic heterocycles. The Hall–Kier alpha value is -2.41. The third-order valence-corrected chi connectivity index (χ3v) is 4.61. The molecule has 1 aromatic carbocycles. The maximum Gasteiger partial charge on any atom is 0.419 e. The highest BCUT2D eigenvalue weighted by Gasteiger charge is 2.29. The SMILES string of the molecule is Cc1nc([C@H]2CCCN2CCCn2c(=O)oc3ccccc32)no1. The van der Waals surface area contributed by atoms with E-state index in [1.807, 2.05) is 31.2 Å². The van der Waals surface area contributed by atoms with Gasteiger partial charge in [-0.15, -0.1) is 0 Å². The average molecular weight is 328 g/mol. The molecule has 0 unspecified atom stereocenters. The second-order valence-corrected chi connectivity index (χ2v) is 6.21. The fourth-order valence-corrected chi connectivity index (χ4v) is 3.49. The minimum atomic E-state index is -0.289. The number of hydrogen-bond donors (Lipinski definition) is 0. The van der Waals surface area contributed by atoms with Gasteiger partial charge in [0.25, 0.3) is 0 Å². The van der Waals surface area contributed by atoms with Crippen LogP contribution in [0.2, 0.25) is 0 Å². The van der Waals surface area contributed by atoms with E-state index in [1.54, 1.807) is 4.57 Å². The predicted octanol–water partition coefficient (Wildman–Crippen LogP) is 2.51. The van der Waals surface area contributed by atoms with Crippen molar-refractivity contribution in [3.63, 3.8) is 0 Å². The van der Waals surface area contributed by atoms with Gasteiger partial charge < -0.3 is 8.94 Å². The molecule has 126 valence electrons. The Balaban J connectivity index is 1.43. The quantitative estimate of drug-likeness (QED) is 0.716. The largest absolute Gasteiger partial charge is 0.419 e. The summed E-state index contributed by atoms with van der Waals surface area (Å²) in [6.07, 6.45) is 3.05. The summed E-state index contributed by atoms with van der Waals surface area (Å²) in [7, 11) is 0. The van der Waals surface area contributed by atoms with E-state index in [0.29, 0.717) is 18.0 Å². The van der Waals surface area contributed by atoms with Crippen molar-refractivity contribution in [2.24, 2.45) is 0 Å². The number of aromatic nitrogens is 3. The first kappa shape index (κ1) is 15.1. The Labute approximate surface area is 138 Å². The van der Waals surface area contributed by atoms with Crippen LogP contribution in [0.5, 0.6) is 0 Å². The minimum absolute atomic E-state index is 0.222. The number of benzene rings is 1. The summed E-state index contributed by atoms with van der Waals surface area (Å²) >= 11 is 0. The van der Waals surface area contributed by atoms with Crippen LogP contribution in [0.15, 0.2) is 38.0 Å². The number of oxazole rings is 1. The van der Waals surface area contributed by atoms with Crippen LogP contribution in [0.3, 0.4) is 0 Å². The molecule has 0 amide bonds. The van der Waals surface area contributed by atoms with Crippen molar-refractivity contribution >= 4 is 11.1 Å². The molecule has 3 heterocycles. The molecule has 3 aromatic rings. The lowest BCUT2D eigenvalue weighted by Gasteiger charge is -2.21. The Bertz CT molecular complexity index is 895. The minimum Gasteiger partial charge on any atom is -0.408 e. The molecule has 0 spiro atoms. The van der Waals surface area contributed by atoms with E-state index in [0.717, 1.165) is 43.7 Å². The van der Waals surface area contributed by atoms with Gasteiger partial charge in [0, 0.05) is 20.0 Å². The smallest absolute Gasteiger partial charge is 0.408 e. The maximum atomic E-state index is 12.0. The lowest BCUT2D eigenvalue weighted by atomic mass is 10.2. The molecule has 0 N–H and O–H groups in total. The van der Waals surface area contributed by atoms with E-state index in [-0.39, 0.29) is 11.8 Å². The number of likely N-dealkylation sites (tertiary alicyclic amines) is 1. The summed E-state index contributed by atoms with van der Waals surface area (Å²) in [6.45, 7) is 4.38. The van der Waals surface area contributed by atoms with Gasteiger partial charge in [0.05, 0.1) is 11.6 Å². The van der Waals surface area contributed by atoms with Gasteiger partial charge in [-0.05, 0) is 37.9 Å². The molecule has 7 nitrogen and oxygen atoms in total. The van der Waals surface area contributed by atoms with Crippen molar-refractivity contribution in [2.45, 2.75) is 38.8 Å².